The van der Waals surface area contributed by atoms with E-state index in [1.54, 1.807) is 12.2 Å². The zero-order chi connectivity index (χ0) is 7.82. The molecule has 0 aliphatic carbocycles. The molecular weight excluding hydrogens is 126 g/mol. The van der Waals surface area contributed by atoms with Crippen LogP contribution >= 0.6 is 0 Å². The molecule has 0 saturated carbocycles. The topological polar surface area (TPSA) is 43.1 Å². The van der Waals surface area contributed by atoms with E-state index in [4.69, 9.17) is 5.73 Å². The van der Waals surface area contributed by atoms with Crippen molar-refractivity contribution in [3.63, 3.8) is 0 Å². The first-order valence-electron chi connectivity index (χ1n) is 3.03. The van der Waals surface area contributed by atoms with Crippen molar-refractivity contribution in [3.8, 4) is 0 Å². The Hall–Kier alpha value is -1.31. The smallest absolute Gasteiger partial charge is 0.241 e. The van der Waals surface area contributed by atoms with Crippen molar-refractivity contribution in [1.82, 2.24) is 0 Å². The lowest BCUT2D eigenvalue weighted by Crippen LogP contribution is -2.04. The monoisotopic (exact) mass is 137 g/mol. The highest BCUT2D eigenvalue weighted by molar-refractivity contribution is 5.85. The van der Waals surface area contributed by atoms with E-state index in [0.717, 1.165) is 0 Å². The van der Waals surface area contributed by atoms with Gasteiger partial charge in [-0.2, -0.15) is 0 Å². The summed E-state index contributed by atoms with van der Waals surface area (Å²) in [7, 11) is 0. The zero-order valence-electron chi connectivity index (χ0n) is 5.95. The molecule has 0 aromatic heterocycles. The molecule has 0 heterocycles. The van der Waals surface area contributed by atoms with Crippen molar-refractivity contribution in [1.29, 1.82) is 0 Å². The Morgan fingerprint density at radius 3 is 2.30 bits per heavy atom. The number of carbonyl (C=O) groups excluding carboxylic acids is 1. The minimum Gasteiger partial charge on any atom is -0.366 e. The average molecular weight is 137 g/mol. The molecule has 0 aromatic rings. The van der Waals surface area contributed by atoms with E-state index in [9.17, 15) is 4.79 Å². The molecule has 0 atom stereocenters. The molecule has 0 aliphatic heterocycles. The van der Waals surface area contributed by atoms with Gasteiger partial charge in [-0.3, -0.25) is 4.79 Å². The third kappa shape index (κ3) is 6.69. The first-order chi connectivity index (χ1) is 4.77. The maximum atomic E-state index is 10.1. The largest absolute Gasteiger partial charge is 0.366 e. The second-order valence-electron chi connectivity index (χ2n) is 1.67. The number of hydrogen-bond donors (Lipinski definition) is 1. The molecule has 1 amide bonds. The van der Waals surface area contributed by atoms with Gasteiger partial charge in [0.2, 0.25) is 5.91 Å². The van der Waals surface area contributed by atoms with Crippen molar-refractivity contribution in [2.24, 2.45) is 5.73 Å². The van der Waals surface area contributed by atoms with Crippen LogP contribution in [0, 0.1) is 0 Å². The van der Waals surface area contributed by atoms with Gasteiger partial charge < -0.3 is 5.73 Å². The Kier molecular flexibility index (Phi) is 5.06. The molecule has 10 heavy (non-hydrogen) atoms. The van der Waals surface area contributed by atoms with Crippen LogP contribution in [0.3, 0.4) is 0 Å². The fourth-order valence-electron chi connectivity index (χ4n) is 0.390. The Morgan fingerprint density at radius 2 is 1.80 bits per heavy atom. The Morgan fingerprint density at radius 1 is 1.20 bits per heavy atom. The van der Waals surface area contributed by atoms with Crippen molar-refractivity contribution < 1.29 is 4.79 Å². The van der Waals surface area contributed by atoms with Crippen LogP contribution in [-0.2, 0) is 4.79 Å². The molecule has 0 spiro atoms. The minimum atomic E-state index is -0.426. The maximum Gasteiger partial charge on any atom is 0.241 e. The molecule has 0 saturated heterocycles. The zero-order valence-corrected chi connectivity index (χ0v) is 5.95. The Bertz CT molecular complexity index is 178. The summed E-state index contributed by atoms with van der Waals surface area (Å²) >= 11 is 0. The molecule has 0 rings (SSSR count). The van der Waals surface area contributed by atoms with Gasteiger partial charge in [-0.15, -0.1) is 0 Å². The summed E-state index contributed by atoms with van der Waals surface area (Å²) in [4.78, 5) is 10.1. The molecule has 2 N–H and O–H groups in total. The second-order valence-corrected chi connectivity index (χ2v) is 1.67. The molecule has 0 unspecified atom stereocenters. The van der Waals surface area contributed by atoms with Gasteiger partial charge >= 0.3 is 0 Å². The van der Waals surface area contributed by atoms with Crippen LogP contribution < -0.4 is 5.73 Å². The maximum absolute atomic E-state index is 10.1. The molecule has 54 valence electrons. The number of allylic oxidation sites excluding steroid dienone is 5. The number of amides is 1. The number of rotatable bonds is 3. The van der Waals surface area contributed by atoms with Gasteiger partial charge in [0.1, 0.15) is 0 Å². The van der Waals surface area contributed by atoms with E-state index in [0.29, 0.717) is 0 Å². The second kappa shape index (κ2) is 5.82. The summed E-state index contributed by atoms with van der Waals surface area (Å²) in [6, 6.07) is 0. The third-order valence-corrected chi connectivity index (χ3v) is 0.786. The number of carbonyl (C=O) groups is 1. The number of hydrogen-bond acceptors (Lipinski definition) is 1. The van der Waals surface area contributed by atoms with Crippen LogP contribution in [0.2, 0.25) is 0 Å². The highest BCUT2D eigenvalue weighted by Gasteiger charge is 1.75. The summed E-state index contributed by atoms with van der Waals surface area (Å²) in [5.74, 6) is -0.426. The molecule has 0 fully saturated rings. The van der Waals surface area contributed by atoms with Gasteiger partial charge in [0.15, 0.2) is 0 Å². The highest BCUT2D eigenvalue weighted by Crippen LogP contribution is 1.78. The molecule has 0 aromatic carbocycles. The normalized spacial score (nSPS) is 12.1. The summed E-state index contributed by atoms with van der Waals surface area (Å²) in [5, 5.41) is 0. The molecular formula is C8H11NO. The van der Waals surface area contributed by atoms with Gasteiger partial charge in [-0.05, 0) is 6.92 Å². The van der Waals surface area contributed by atoms with Crippen LogP contribution in [-0.4, -0.2) is 5.91 Å². The van der Waals surface area contributed by atoms with E-state index < -0.39 is 5.91 Å². The number of primary amides is 1. The van der Waals surface area contributed by atoms with Crippen molar-refractivity contribution >= 4 is 5.91 Å². The van der Waals surface area contributed by atoms with Crippen molar-refractivity contribution in [2.75, 3.05) is 0 Å². The SMILES string of the molecule is C/C=C/C=C/C=C/C(N)=O. The van der Waals surface area contributed by atoms with E-state index in [2.05, 4.69) is 0 Å². The first-order valence-corrected chi connectivity index (χ1v) is 3.03. The van der Waals surface area contributed by atoms with Crippen LogP contribution in [0.4, 0.5) is 0 Å². The minimum absolute atomic E-state index is 0.426. The molecule has 0 bridgehead atoms. The van der Waals surface area contributed by atoms with Gasteiger partial charge in [0.25, 0.3) is 0 Å². The van der Waals surface area contributed by atoms with Gasteiger partial charge in [-0.25, -0.2) is 0 Å². The lowest BCUT2D eigenvalue weighted by molar-refractivity contribution is -0.113. The van der Waals surface area contributed by atoms with Crippen LogP contribution in [0.1, 0.15) is 6.92 Å². The van der Waals surface area contributed by atoms with Crippen molar-refractivity contribution in [3.05, 3.63) is 36.5 Å². The van der Waals surface area contributed by atoms with E-state index in [1.807, 2.05) is 25.2 Å². The highest BCUT2D eigenvalue weighted by atomic mass is 16.1. The average Bonchev–Trinajstić information content (AvgIpc) is 1.87. The lowest BCUT2D eigenvalue weighted by atomic mass is 10.4. The molecule has 0 aliphatic rings. The Balaban J connectivity index is 3.62. The lowest BCUT2D eigenvalue weighted by Gasteiger charge is -1.74. The fourth-order valence-corrected chi connectivity index (χ4v) is 0.390. The molecule has 0 radical (unpaired) electrons. The van der Waals surface area contributed by atoms with E-state index in [-0.39, 0.29) is 0 Å². The molecule has 2 nitrogen and oxygen atoms in total. The summed E-state index contributed by atoms with van der Waals surface area (Å²) in [6.07, 6.45) is 10.2. The summed E-state index contributed by atoms with van der Waals surface area (Å²) in [6.45, 7) is 1.92. The van der Waals surface area contributed by atoms with Crippen LogP contribution in [0.15, 0.2) is 36.5 Å². The first kappa shape index (κ1) is 8.69. The van der Waals surface area contributed by atoms with Gasteiger partial charge in [0.05, 0.1) is 0 Å². The van der Waals surface area contributed by atoms with Crippen LogP contribution in [0.5, 0.6) is 0 Å². The fraction of sp³-hybridized carbons (Fsp3) is 0.125. The van der Waals surface area contributed by atoms with Crippen molar-refractivity contribution in [2.45, 2.75) is 6.92 Å². The quantitative estimate of drug-likeness (QED) is 0.460. The number of nitrogens with two attached hydrogens (primary N) is 1. The Labute approximate surface area is 60.7 Å². The summed E-state index contributed by atoms with van der Waals surface area (Å²) < 4.78 is 0. The summed E-state index contributed by atoms with van der Waals surface area (Å²) in [5.41, 5.74) is 4.83. The third-order valence-electron chi connectivity index (χ3n) is 0.786. The molecule has 2 heteroatoms. The predicted octanol–water partition coefficient (Wildman–Crippen LogP) is 1.16. The van der Waals surface area contributed by atoms with Crippen LogP contribution in [0.25, 0.3) is 0 Å². The van der Waals surface area contributed by atoms with E-state index in [1.165, 1.54) is 6.08 Å². The van der Waals surface area contributed by atoms with E-state index >= 15 is 0 Å². The van der Waals surface area contributed by atoms with Gasteiger partial charge in [-0.1, -0.05) is 30.4 Å². The standard InChI is InChI=1S/C8H11NO/c1-2-3-4-5-6-7-8(9)10/h2-7H,1H3,(H2,9,10)/b3-2+,5-4+,7-6+. The van der Waals surface area contributed by atoms with Gasteiger partial charge in [0, 0.05) is 6.08 Å². The predicted molar refractivity (Wildman–Crippen MR) is 42.3 cm³/mol.